The van der Waals surface area contributed by atoms with Crippen LogP contribution in [0.4, 0.5) is 0 Å². The van der Waals surface area contributed by atoms with Crippen LogP contribution in [0.15, 0.2) is 24.3 Å². The van der Waals surface area contributed by atoms with Gasteiger partial charge in [0.15, 0.2) is 0 Å². The van der Waals surface area contributed by atoms with E-state index in [0.29, 0.717) is 12.2 Å². The second-order valence-corrected chi connectivity index (χ2v) is 9.63. The van der Waals surface area contributed by atoms with E-state index in [0.717, 1.165) is 43.0 Å². The number of hydrogen-bond acceptors (Lipinski definition) is 6. The molecule has 0 saturated carbocycles. The molecule has 0 aliphatic carbocycles. The van der Waals surface area contributed by atoms with Crippen molar-refractivity contribution in [2.45, 2.75) is 58.3 Å². The number of carbonyl (C=O) groups is 1. The van der Waals surface area contributed by atoms with Gasteiger partial charge in [0, 0.05) is 12.0 Å². The number of esters is 1. The van der Waals surface area contributed by atoms with E-state index in [9.17, 15) is 17.8 Å². The molecule has 0 aromatic heterocycles. The molecule has 0 fully saturated rings. The lowest BCUT2D eigenvalue weighted by Gasteiger charge is -2.23. The summed E-state index contributed by atoms with van der Waals surface area (Å²) < 4.78 is 37.3. The van der Waals surface area contributed by atoms with E-state index < -0.39 is 10.4 Å². The SMILES string of the molecule is CCCCCCCC#Cc1ccc(C(=O)OCCCC[N+](C)(C)C)cc1.COS(=O)(=O)[O-]. The molecule has 0 bridgehead atoms. The summed E-state index contributed by atoms with van der Waals surface area (Å²) in [6.07, 6.45) is 9.25. The average Bonchev–Trinajstić information content (AvgIpc) is 2.72. The molecule has 1 rings (SSSR count). The summed E-state index contributed by atoms with van der Waals surface area (Å²) in [5, 5.41) is 0. The third kappa shape index (κ3) is 18.8. The highest BCUT2D eigenvalue weighted by molar-refractivity contribution is 7.80. The van der Waals surface area contributed by atoms with Crippen LogP contribution in [-0.4, -0.2) is 64.8 Å². The third-order valence-corrected chi connectivity index (χ3v) is 4.83. The van der Waals surface area contributed by atoms with E-state index >= 15 is 0 Å². The molecule has 0 saturated heterocycles. The highest BCUT2D eigenvalue weighted by atomic mass is 32.3. The molecule has 0 amide bonds. The minimum Gasteiger partial charge on any atom is -0.726 e. The quantitative estimate of drug-likeness (QED) is 0.114. The molecule has 0 aliphatic heterocycles. The zero-order valence-electron chi connectivity index (χ0n) is 20.2. The summed E-state index contributed by atoms with van der Waals surface area (Å²) in [5.74, 6) is 6.15. The second kappa shape index (κ2) is 16.7. The fourth-order valence-corrected chi connectivity index (χ4v) is 2.61. The van der Waals surface area contributed by atoms with E-state index in [-0.39, 0.29) is 5.97 Å². The molecule has 0 heterocycles. The summed E-state index contributed by atoms with van der Waals surface area (Å²) in [5.41, 5.74) is 1.56. The molecule has 32 heavy (non-hydrogen) atoms. The van der Waals surface area contributed by atoms with Crippen molar-refractivity contribution >= 4 is 16.4 Å². The number of nitrogens with zero attached hydrogens (tertiary/aromatic N) is 1. The Kier molecular flexibility index (Phi) is 15.7. The standard InChI is InChI=1S/C23H36NO2.CH4O4S/c1-5-6-7-8-9-10-11-14-21-15-17-22(18-16-21)23(25)26-20-13-12-19-24(2,3)4;1-5-6(2,3)4/h15-18H,5-10,12-13,19-20H2,1-4H3;1H3,(H,2,3,4)/q+1;/p-1. The third-order valence-electron chi connectivity index (χ3n) is 4.42. The van der Waals surface area contributed by atoms with Gasteiger partial charge in [0.2, 0.25) is 10.4 Å². The Morgan fingerprint density at radius 1 is 1.00 bits per heavy atom. The first-order valence-corrected chi connectivity index (χ1v) is 12.4. The molecule has 0 aliphatic rings. The predicted molar refractivity (Wildman–Crippen MR) is 126 cm³/mol. The molecular formula is C24H39NO6S. The molecule has 0 radical (unpaired) electrons. The Hall–Kier alpha value is -1.92. The molecular weight excluding hydrogens is 430 g/mol. The minimum atomic E-state index is -4.41. The summed E-state index contributed by atoms with van der Waals surface area (Å²) in [6.45, 7) is 3.80. The molecule has 7 nitrogen and oxygen atoms in total. The molecule has 0 N–H and O–H groups in total. The van der Waals surface area contributed by atoms with Gasteiger partial charge in [-0.2, -0.15) is 0 Å². The number of rotatable bonds is 12. The molecule has 182 valence electrons. The van der Waals surface area contributed by atoms with E-state index in [4.69, 9.17) is 4.74 Å². The van der Waals surface area contributed by atoms with Gasteiger partial charge in [0.05, 0.1) is 47.0 Å². The predicted octanol–water partition coefficient (Wildman–Crippen LogP) is 4.13. The second-order valence-electron chi connectivity index (χ2n) is 8.48. The lowest BCUT2D eigenvalue weighted by atomic mass is 10.1. The lowest BCUT2D eigenvalue weighted by molar-refractivity contribution is -0.870. The number of benzene rings is 1. The van der Waals surface area contributed by atoms with Crippen LogP contribution < -0.4 is 0 Å². The van der Waals surface area contributed by atoms with E-state index in [1.807, 2.05) is 12.1 Å². The van der Waals surface area contributed by atoms with Crippen molar-refractivity contribution in [2.75, 3.05) is 41.4 Å². The Bertz CT molecular complexity index is 802. The smallest absolute Gasteiger partial charge is 0.338 e. The van der Waals surface area contributed by atoms with E-state index in [2.05, 4.69) is 44.1 Å². The number of hydrogen-bond donors (Lipinski definition) is 0. The molecule has 0 atom stereocenters. The monoisotopic (exact) mass is 469 g/mol. The molecule has 0 unspecified atom stereocenters. The molecule has 1 aromatic carbocycles. The van der Waals surface area contributed by atoms with Crippen molar-refractivity contribution in [3.05, 3.63) is 35.4 Å². The average molecular weight is 470 g/mol. The normalized spacial score (nSPS) is 11.1. The first-order valence-electron chi connectivity index (χ1n) is 11.1. The van der Waals surface area contributed by atoms with Gasteiger partial charge in [0.1, 0.15) is 0 Å². The number of carbonyl (C=O) groups excluding carboxylic acids is 1. The van der Waals surface area contributed by atoms with Gasteiger partial charge in [-0.05, 0) is 43.5 Å². The maximum atomic E-state index is 12.0. The summed E-state index contributed by atoms with van der Waals surface area (Å²) in [4.78, 5) is 12.0. The number of quaternary nitrogens is 1. The first kappa shape index (κ1) is 30.1. The van der Waals surface area contributed by atoms with Gasteiger partial charge in [-0.3, -0.25) is 4.18 Å². The van der Waals surface area contributed by atoms with Crippen molar-refractivity contribution in [3.63, 3.8) is 0 Å². The summed E-state index contributed by atoms with van der Waals surface area (Å²) >= 11 is 0. The molecule has 8 heteroatoms. The van der Waals surface area contributed by atoms with Crippen molar-refractivity contribution in [2.24, 2.45) is 0 Å². The van der Waals surface area contributed by atoms with Gasteiger partial charge >= 0.3 is 5.97 Å². The van der Waals surface area contributed by atoms with Crippen molar-refractivity contribution in [1.82, 2.24) is 0 Å². The van der Waals surface area contributed by atoms with Crippen molar-refractivity contribution in [3.8, 4) is 11.8 Å². The summed E-state index contributed by atoms with van der Waals surface area (Å²) in [7, 11) is 2.90. The van der Waals surface area contributed by atoms with E-state index in [1.165, 1.54) is 32.1 Å². The van der Waals surface area contributed by atoms with Crippen LogP contribution in [-0.2, 0) is 19.3 Å². The first-order chi connectivity index (χ1) is 15.0. The Labute approximate surface area is 194 Å². The van der Waals surface area contributed by atoms with Crippen LogP contribution in [0.5, 0.6) is 0 Å². The highest BCUT2D eigenvalue weighted by Crippen LogP contribution is 2.07. The van der Waals surface area contributed by atoms with Gasteiger partial charge in [0.25, 0.3) is 0 Å². The van der Waals surface area contributed by atoms with Crippen LogP contribution in [0.3, 0.4) is 0 Å². The Morgan fingerprint density at radius 3 is 2.12 bits per heavy atom. The van der Waals surface area contributed by atoms with Crippen LogP contribution >= 0.6 is 0 Å². The van der Waals surface area contributed by atoms with E-state index in [1.54, 1.807) is 12.1 Å². The topological polar surface area (TPSA) is 92.7 Å². The maximum Gasteiger partial charge on any atom is 0.338 e. The van der Waals surface area contributed by atoms with Gasteiger partial charge in [-0.1, -0.05) is 44.4 Å². The zero-order valence-corrected chi connectivity index (χ0v) is 21.0. The number of ether oxygens (including phenoxy) is 1. The highest BCUT2D eigenvalue weighted by Gasteiger charge is 2.08. The van der Waals surface area contributed by atoms with Crippen molar-refractivity contribution < 1.29 is 31.2 Å². The van der Waals surface area contributed by atoms with Crippen molar-refractivity contribution in [1.29, 1.82) is 0 Å². The Morgan fingerprint density at radius 2 is 1.59 bits per heavy atom. The van der Waals surface area contributed by atoms with Crippen LogP contribution in [0.1, 0.15) is 74.2 Å². The fraction of sp³-hybridized carbons (Fsp3) is 0.625. The maximum absolute atomic E-state index is 12.0. The van der Waals surface area contributed by atoms with Crippen LogP contribution in [0.2, 0.25) is 0 Å². The molecule has 1 aromatic rings. The van der Waals surface area contributed by atoms with Crippen LogP contribution in [0.25, 0.3) is 0 Å². The van der Waals surface area contributed by atoms with Gasteiger partial charge in [-0.15, -0.1) is 0 Å². The molecule has 0 spiro atoms. The Balaban J connectivity index is 0.00000140. The summed E-state index contributed by atoms with van der Waals surface area (Å²) in [6, 6.07) is 7.41. The largest absolute Gasteiger partial charge is 0.726 e. The number of unbranched alkanes of at least 4 members (excludes halogenated alkanes) is 6. The minimum absolute atomic E-state index is 0.245. The van der Waals surface area contributed by atoms with Crippen LogP contribution in [0, 0.1) is 11.8 Å². The zero-order chi connectivity index (χ0) is 24.5. The lowest BCUT2D eigenvalue weighted by Crippen LogP contribution is -2.35. The van der Waals surface area contributed by atoms with Gasteiger partial charge in [-0.25, -0.2) is 13.2 Å². The fourth-order valence-electron chi connectivity index (χ4n) is 2.61. The van der Waals surface area contributed by atoms with Gasteiger partial charge < -0.3 is 13.8 Å².